The molecule has 6 aromatic rings. The van der Waals surface area contributed by atoms with Crippen molar-refractivity contribution in [2.24, 2.45) is 14.1 Å². The van der Waals surface area contributed by atoms with Crippen LogP contribution in [0.5, 0.6) is 0 Å². The molecule has 1 atom stereocenters. The van der Waals surface area contributed by atoms with E-state index >= 15 is 0 Å². The van der Waals surface area contributed by atoms with Crippen LogP contribution in [0.4, 0.5) is 0 Å². The fraction of sp³-hybridized carbons (Fsp3) is 0.242. The molecular formula is C33H30ClN5O4S. The smallest absolute Gasteiger partial charge is 0.337 e. The van der Waals surface area contributed by atoms with Gasteiger partial charge in [-0.2, -0.15) is 0 Å². The fourth-order valence-corrected chi connectivity index (χ4v) is 6.64. The van der Waals surface area contributed by atoms with E-state index in [9.17, 15) is 14.7 Å². The predicted molar refractivity (Wildman–Crippen MR) is 174 cm³/mol. The minimum Gasteiger partial charge on any atom is -0.479 e. The van der Waals surface area contributed by atoms with Gasteiger partial charge in [0.15, 0.2) is 11.8 Å². The number of ether oxygens (including phenoxy) is 1. The molecule has 0 unspecified atom stereocenters. The van der Waals surface area contributed by atoms with Crippen molar-refractivity contribution in [1.82, 2.24) is 24.1 Å². The SMILES string of the molecule is Cc1cc2nc(-c3ccnc(-c4cnc5c(c4)n(C)c(=O)n5C)c3)sc2c(-c2ccc(Cl)cc2)c1[C@H](OC(C)(C)C)C(=O)O. The third kappa shape index (κ3) is 5.29. The topological polar surface area (TPSA) is 112 Å². The van der Waals surface area contributed by atoms with E-state index < -0.39 is 17.7 Å². The van der Waals surface area contributed by atoms with Gasteiger partial charge >= 0.3 is 11.7 Å². The Labute approximate surface area is 262 Å². The molecule has 9 nitrogen and oxygen atoms in total. The van der Waals surface area contributed by atoms with Crippen molar-refractivity contribution >= 4 is 50.3 Å². The maximum Gasteiger partial charge on any atom is 0.337 e. The molecule has 0 fully saturated rings. The predicted octanol–water partition coefficient (Wildman–Crippen LogP) is 7.18. The maximum absolute atomic E-state index is 12.6. The summed E-state index contributed by atoms with van der Waals surface area (Å²) in [5, 5.41) is 11.7. The van der Waals surface area contributed by atoms with Crippen molar-refractivity contribution in [3.05, 3.63) is 87.6 Å². The van der Waals surface area contributed by atoms with Gasteiger partial charge < -0.3 is 9.84 Å². The number of fused-ring (bicyclic) bond motifs is 2. The molecule has 0 saturated carbocycles. The first kappa shape index (κ1) is 29.7. The summed E-state index contributed by atoms with van der Waals surface area (Å²) in [6.45, 7) is 7.42. The molecule has 0 spiro atoms. The van der Waals surface area contributed by atoms with Crippen LogP contribution < -0.4 is 5.69 Å². The number of carboxylic acids is 1. The van der Waals surface area contributed by atoms with Gasteiger partial charge in [0.2, 0.25) is 0 Å². The minimum atomic E-state index is -1.19. The Morgan fingerprint density at radius 1 is 1.00 bits per heavy atom. The molecule has 224 valence electrons. The summed E-state index contributed by atoms with van der Waals surface area (Å²) in [7, 11) is 3.42. The second-order valence-electron chi connectivity index (χ2n) is 11.7. The molecule has 0 aliphatic heterocycles. The number of hydrogen-bond donors (Lipinski definition) is 1. The number of pyridine rings is 2. The van der Waals surface area contributed by atoms with Crippen molar-refractivity contribution in [2.75, 3.05) is 0 Å². The van der Waals surface area contributed by atoms with Crippen LogP contribution in [0.1, 0.15) is 38.0 Å². The number of thiazole rings is 1. The number of aryl methyl sites for hydroxylation is 3. The average molecular weight is 628 g/mol. The van der Waals surface area contributed by atoms with E-state index in [1.807, 2.05) is 64.1 Å². The first-order valence-corrected chi connectivity index (χ1v) is 15.1. The number of nitrogens with zero attached hydrogens (tertiary/aromatic N) is 5. The van der Waals surface area contributed by atoms with Crippen molar-refractivity contribution < 1.29 is 14.6 Å². The lowest BCUT2D eigenvalue weighted by Crippen LogP contribution is -2.28. The zero-order chi connectivity index (χ0) is 31.5. The number of hydrogen-bond acceptors (Lipinski definition) is 7. The van der Waals surface area contributed by atoms with Crippen molar-refractivity contribution in [1.29, 1.82) is 0 Å². The normalized spacial score (nSPS) is 12.7. The number of carbonyl (C=O) groups is 1. The van der Waals surface area contributed by atoms with Crippen LogP contribution in [0.25, 0.3) is 54.3 Å². The van der Waals surface area contributed by atoms with Gasteiger partial charge in [-0.3, -0.25) is 14.1 Å². The van der Waals surface area contributed by atoms with E-state index in [2.05, 4.69) is 9.97 Å². The van der Waals surface area contributed by atoms with E-state index in [1.165, 1.54) is 15.9 Å². The summed E-state index contributed by atoms with van der Waals surface area (Å²) in [6, 6.07) is 15.0. The third-order valence-corrected chi connectivity index (χ3v) is 8.81. The molecule has 1 N–H and O–H groups in total. The molecule has 0 saturated heterocycles. The Kier molecular flexibility index (Phi) is 7.39. The van der Waals surface area contributed by atoms with Crippen molar-refractivity contribution in [3.8, 4) is 33.0 Å². The fourth-order valence-electron chi connectivity index (χ4n) is 5.39. The zero-order valence-corrected chi connectivity index (χ0v) is 26.6. The van der Waals surface area contributed by atoms with Gasteiger partial charge in [0.1, 0.15) is 5.01 Å². The van der Waals surface area contributed by atoms with Crippen LogP contribution in [0.15, 0.2) is 65.7 Å². The lowest BCUT2D eigenvalue weighted by atomic mass is 9.91. The number of carboxylic acid groups (broad SMARTS) is 1. The molecule has 2 aromatic carbocycles. The summed E-state index contributed by atoms with van der Waals surface area (Å²) >= 11 is 7.71. The second kappa shape index (κ2) is 11.0. The van der Waals surface area contributed by atoms with Crippen LogP contribution in [-0.4, -0.2) is 40.8 Å². The van der Waals surface area contributed by atoms with Gasteiger partial charge in [0, 0.05) is 53.8 Å². The quantitative estimate of drug-likeness (QED) is 0.208. The molecule has 0 radical (unpaired) electrons. The molecule has 11 heteroatoms. The Balaban J connectivity index is 1.53. The summed E-state index contributed by atoms with van der Waals surface area (Å²) in [4.78, 5) is 39.2. The van der Waals surface area contributed by atoms with Gasteiger partial charge in [-0.15, -0.1) is 11.3 Å². The number of aromatic nitrogens is 5. The molecule has 0 aliphatic rings. The summed E-state index contributed by atoms with van der Waals surface area (Å²) < 4.78 is 10.0. The van der Waals surface area contributed by atoms with Gasteiger partial charge in [0.25, 0.3) is 0 Å². The Morgan fingerprint density at radius 3 is 2.41 bits per heavy atom. The molecule has 4 heterocycles. The Morgan fingerprint density at radius 2 is 1.73 bits per heavy atom. The first-order chi connectivity index (χ1) is 20.8. The maximum atomic E-state index is 12.6. The highest BCUT2D eigenvalue weighted by Gasteiger charge is 2.32. The van der Waals surface area contributed by atoms with E-state index in [0.29, 0.717) is 27.4 Å². The average Bonchev–Trinajstić information content (AvgIpc) is 3.50. The largest absolute Gasteiger partial charge is 0.479 e. The van der Waals surface area contributed by atoms with Crippen molar-refractivity contribution in [2.45, 2.75) is 39.4 Å². The van der Waals surface area contributed by atoms with E-state index in [0.717, 1.165) is 43.0 Å². The summed E-state index contributed by atoms with van der Waals surface area (Å²) in [6.07, 6.45) is 2.24. The van der Waals surface area contributed by atoms with E-state index in [4.69, 9.17) is 21.3 Å². The van der Waals surface area contributed by atoms with E-state index in [-0.39, 0.29) is 5.69 Å². The lowest BCUT2D eigenvalue weighted by Gasteiger charge is -2.28. The third-order valence-electron chi connectivity index (χ3n) is 7.42. The van der Waals surface area contributed by atoms with Crippen LogP contribution in [-0.2, 0) is 23.6 Å². The number of benzene rings is 2. The minimum absolute atomic E-state index is 0.148. The monoisotopic (exact) mass is 627 g/mol. The Bertz CT molecular complexity index is 2140. The highest BCUT2D eigenvalue weighted by molar-refractivity contribution is 7.22. The molecular weight excluding hydrogens is 598 g/mol. The van der Waals surface area contributed by atoms with Gasteiger partial charge in [-0.25, -0.2) is 19.6 Å². The Hall–Kier alpha value is -4.38. The molecule has 0 amide bonds. The number of rotatable bonds is 6. The standard InChI is InChI=1S/C33H30ClN5O4S/c1-17-13-23-28(26(18-7-9-21(34)10-8-18)25(17)27(31(40)41)43-33(2,3)4)44-30(37-23)19-11-12-35-22(14-19)20-15-24-29(36-16-20)39(6)32(42)38(24)5/h7-16,27H,1-6H3,(H,40,41)/t27-/m0/s1. The van der Waals surface area contributed by atoms with E-state index in [1.54, 1.807) is 43.2 Å². The molecule has 4 aromatic heterocycles. The van der Waals surface area contributed by atoms with Crippen LogP contribution in [0.3, 0.4) is 0 Å². The second-order valence-corrected chi connectivity index (χ2v) is 13.1. The highest BCUT2D eigenvalue weighted by atomic mass is 35.5. The number of aliphatic carboxylic acids is 1. The van der Waals surface area contributed by atoms with Gasteiger partial charge in [-0.1, -0.05) is 23.7 Å². The number of halogens is 1. The van der Waals surface area contributed by atoms with Crippen LogP contribution >= 0.6 is 22.9 Å². The van der Waals surface area contributed by atoms with Crippen LogP contribution in [0, 0.1) is 6.92 Å². The zero-order valence-electron chi connectivity index (χ0n) is 25.0. The first-order valence-electron chi connectivity index (χ1n) is 13.9. The van der Waals surface area contributed by atoms with Gasteiger partial charge in [0.05, 0.1) is 27.0 Å². The van der Waals surface area contributed by atoms with Gasteiger partial charge in [-0.05, 0) is 75.2 Å². The summed E-state index contributed by atoms with van der Waals surface area (Å²) in [5.74, 6) is -1.07. The van der Waals surface area contributed by atoms with Crippen LogP contribution in [0.2, 0.25) is 5.02 Å². The molecule has 0 aliphatic carbocycles. The number of imidazole rings is 1. The summed E-state index contributed by atoms with van der Waals surface area (Å²) in [5.41, 5.74) is 6.44. The van der Waals surface area contributed by atoms with Crippen molar-refractivity contribution in [3.63, 3.8) is 0 Å². The highest BCUT2D eigenvalue weighted by Crippen LogP contribution is 2.44. The molecule has 44 heavy (non-hydrogen) atoms. The lowest BCUT2D eigenvalue weighted by molar-refractivity contribution is -0.160. The molecule has 0 bridgehead atoms. The molecule has 6 rings (SSSR count).